The van der Waals surface area contributed by atoms with Crippen molar-refractivity contribution in [3.05, 3.63) is 77.9 Å². The first-order chi connectivity index (χ1) is 15.8. The lowest BCUT2D eigenvalue weighted by atomic mass is 9.96. The number of hydrogen-bond acceptors (Lipinski definition) is 3. The van der Waals surface area contributed by atoms with Gasteiger partial charge in [0.25, 0.3) is 0 Å². The highest BCUT2D eigenvalue weighted by Gasteiger charge is 2.30. The van der Waals surface area contributed by atoms with E-state index in [9.17, 15) is 22.8 Å². The molecule has 7 heteroatoms. The maximum absolute atomic E-state index is 13.1. The average molecular weight is 457 g/mol. The van der Waals surface area contributed by atoms with E-state index in [1.54, 1.807) is 6.07 Å². The number of carbonyl (C=O) groups is 2. The second-order valence-electron chi connectivity index (χ2n) is 7.77. The van der Waals surface area contributed by atoms with Gasteiger partial charge in [0.1, 0.15) is 12.2 Å². The molecular weight excluding hydrogens is 431 g/mol. The van der Waals surface area contributed by atoms with Gasteiger partial charge in [0.15, 0.2) is 5.78 Å². The quantitative estimate of drug-likeness (QED) is 0.289. The third kappa shape index (κ3) is 7.63. The Labute approximate surface area is 190 Å². The number of nitrogens with one attached hydrogen (secondary N) is 1. The second-order valence-corrected chi connectivity index (χ2v) is 7.77. The molecule has 1 N–H and O–H groups in total. The molecule has 0 radical (unpaired) electrons. The van der Waals surface area contributed by atoms with Crippen LogP contribution in [-0.2, 0) is 11.2 Å². The summed E-state index contributed by atoms with van der Waals surface area (Å²) < 4.78 is 42.5. The number of halogens is 3. The molecule has 0 bridgehead atoms. The number of benzene rings is 3. The molecule has 3 rings (SSSR count). The Bertz CT molecular complexity index is 1080. The van der Waals surface area contributed by atoms with Gasteiger partial charge in [-0.25, -0.2) is 0 Å². The summed E-state index contributed by atoms with van der Waals surface area (Å²) >= 11 is 0. The predicted octanol–water partition coefficient (Wildman–Crippen LogP) is 5.88. The second kappa shape index (κ2) is 11.5. The largest absolute Gasteiger partial charge is 0.493 e. The van der Waals surface area contributed by atoms with Crippen LogP contribution in [0.3, 0.4) is 0 Å². The average Bonchev–Trinajstić information content (AvgIpc) is 2.78. The van der Waals surface area contributed by atoms with Crippen molar-refractivity contribution >= 4 is 22.5 Å². The van der Waals surface area contributed by atoms with E-state index < -0.39 is 18.5 Å². The van der Waals surface area contributed by atoms with Crippen molar-refractivity contribution in [3.8, 4) is 5.75 Å². The smallest absolute Gasteiger partial charge is 0.397 e. The molecule has 0 spiro atoms. The number of hydrogen-bond donors (Lipinski definition) is 1. The van der Waals surface area contributed by atoms with E-state index in [1.807, 2.05) is 60.7 Å². The van der Waals surface area contributed by atoms with Crippen LogP contribution in [-0.4, -0.2) is 31.0 Å². The van der Waals surface area contributed by atoms with Gasteiger partial charge < -0.3 is 10.1 Å². The molecule has 0 aliphatic rings. The number of aryl methyl sites for hydroxylation is 1. The fourth-order valence-electron chi connectivity index (χ4n) is 3.61. The summed E-state index contributed by atoms with van der Waals surface area (Å²) in [5.74, 6) is -0.640. The van der Waals surface area contributed by atoms with Crippen LogP contribution < -0.4 is 10.1 Å². The van der Waals surface area contributed by atoms with Crippen molar-refractivity contribution in [2.75, 3.05) is 13.2 Å². The zero-order valence-corrected chi connectivity index (χ0v) is 18.2. The molecule has 0 saturated carbocycles. The lowest BCUT2D eigenvalue weighted by Gasteiger charge is -2.14. The molecule has 0 atom stereocenters. The third-order valence-electron chi connectivity index (χ3n) is 5.14. The Hall–Kier alpha value is -3.35. The van der Waals surface area contributed by atoms with Crippen LogP contribution >= 0.6 is 0 Å². The molecule has 0 aliphatic carbocycles. The third-order valence-corrected chi connectivity index (χ3v) is 5.14. The van der Waals surface area contributed by atoms with Crippen molar-refractivity contribution in [1.82, 2.24) is 5.32 Å². The van der Waals surface area contributed by atoms with Crippen LogP contribution in [0.5, 0.6) is 5.75 Å². The molecule has 3 aromatic carbocycles. The number of ether oxygens (including phenoxy) is 1. The van der Waals surface area contributed by atoms with Gasteiger partial charge in [0.2, 0.25) is 5.91 Å². The fourth-order valence-corrected chi connectivity index (χ4v) is 3.61. The minimum Gasteiger partial charge on any atom is -0.493 e. The summed E-state index contributed by atoms with van der Waals surface area (Å²) in [6, 6.07) is 21.1. The number of ketones is 1. The maximum atomic E-state index is 13.1. The minimum atomic E-state index is -4.53. The molecule has 0 aliphatic heterocycles. The molecule has 0 saturated heterocycles. The highest BCUT2D eigenvalue weighted by Crippen LogP contribution is 2.30. The van der Waals surface area contributed by atoms with Crippen LogP contribution in [0.2, 0.25) is 0 Å². The monoisotopic (exact) mass is 457 g/mol. The molecule has 174 valence electrons. The standard InChI is InChI=1S/C26H26F3NO3/c27-26(28,29)18-24(32)30-16-7-17-33-23-15-14-20-11-4-5-12-21(20)25(23)22(31)13-6-10-19-8-2-1-3-9-19/h1-5,8-9,11-12,14-15H,6-7,10,13,16-18H2,(H,30,32). The van der Waals surface area contributed by atoms with Crippen LogP contribution in [0.15, 0.2) is 66.7 Å². The van der Waals surface area contributed by atoms with Crippen molar-refractivity contribution in [3.63, 3.8) is 0 Å². The number of fused-ring (bicyclic) bond motifs is 1. The Morgan fingerprint density at radius 3 is 2.36 bits per heavy atom. The van der Waals surface area contributed by atoms with Gasteiger partial charge >= 0.3 is 6.18 Å². The molecule has 33 heavy (non-hydrogen) atoms. The summed E-state index contributed by atoms with van der Waals surface area (Å²) in [4.78, 5) is 24.4. The Morgan fingerprint density at radius 2 is 1.61 bits per heavy atom. The van der Waals surface area contributed by atoms with Gasteiger partial charge in [0, 0.05) is 13.0 Å². The van der Waals surface area contributed by atoms with Crippen molar-refractivity contribution in [2.45, 2.75) is 38.3 Å². The van der Waals surface area contributed by atoms with Gasteiger partial charge in [0.05, 0.1) is 12.2 Å². The van der Waals surface area contributed by atoms with Crippen LogP contribution in [0.1, 0.15) is 41.6 Å². The highest BCUT2D eigenvalue weighted by molar-refractivity contribution is 6.10. The zero-order valence-electron chi connectivity index (χ0n) is 18.2. The maximum Gasteiger partial charge on any atom is 0.397 e. The van der Waals surface area contributed by atoms with Crippen molar-refractivity contribution in [1.29, 1.82) is 0 Å². The van der Waals surface area contributed by atoms with Crippen molar-refractivity contribution < 1.29 is 27.5 Å². The van der Waals surface area contributed by atoms with E-state index in [-0.39, 0.29) is 18.9 Å². The molecular formula is C26H26F3NO3. The van der Waals surface area contributed by atoms with Crippen molar-refractivity contribution in [2.24, 2.45) is 0 Å². The summed E-state index contributed by atoms with van der Waals surface area (Å²) in [6.07, 6.45) is -3.84. The van der Waals surface area contributed by atoms with E-state index in [1.165, 1.54) is 5.56 Å². The number of amides is 1. The predicted molar refractivity (Wildman–Crippen MR) is 121 cm³/mol. The van der Waals surface area contributed by atoms with Gasteiger partial charge in [-0.1, -0.05) is 60.7 Å². The number of carbonyl (C=O) groups excluding carboxylic acids is 2. The Kier molecular flexibility index (Phi) is 8.46. The highest BCUT2D eigenvalue weighted by atomic mass is 19.4. The Morgan fingerprint density at radius 1 is 0.879 bits per heavy atom. The summed E-state index contributed by atoms with van der Waals surface area (Å²) in [5.41, 5.74) is 1.69. The van der Waals surface area contributed by atoms with E-state index >= 15 is 0 Å². The molecule has 4 nitrogen and oxygen atoms in total. The number of alkyl halides is 3. The van der Waals surface area contributed by atoms with E-state index in [4.69, 9.17) is 4.74 Å². The lowest BCUT2D eigenvalue weighted by Crippen LogP contribution is -2.29. The minimum absolute atomic E-state index is 0.0174. The zero-order chi connectivity index (χ0) is 23.7. The first-order valence-corrected chi connectivity index (χ1v) is 10.9. The van der Waals surface area contributed by atoms with Gasteiger partial charge in [-0.15, -0.1) is 0 Å². The molecule has 0 fully saturated rings. The molecule has 0 heterocycles. The summed E-state index contributed by atoms with van der Waals surface area (Å²) in [5, 5.41) is 3.96. The van der Waals surface area contributed by atoms with E-state index in [0.29, 0.717) is 30.6 Å². The summed E-state index contributed by atoms with van der Waals surface area (Å²) in [7, 11) is 0. The number of Topliss-reactive ketones (excluding diaryl/α,β-unsaturated/α-hetero) is 1. The van der Waals surface area contributed by atoms with Gasteiger partial charge in [-0.05, 0) is 41.7 Å². The fraction of sp³-hybridized carbons (Fsp3) is 0.308. The Balaban J connectivity index is 1.61. The van der Waals surface area contributed by atoms with E-state index in [2.05, 4.69) is 5.32 Å². The summed E-state index contributed by atoms with van der Waals surface area (Å²) in [6.45, 7) is 0.220. The first kappa shape index (κ1) is 24.3. The lowest BCUT2D eigenvalue weighted by molar-refractivity contribution is -0.153. The van der Waals surface area contributed by atoms with Crippen LogP contribution in [0, 0.1) is 0 Å². The molecule has 3 aromatic rings. The van der Waals surface area contributed by atoms with Gasteiger partial charge in [-0.3, -0.25) is 9.59 Å². The SMILES string of the molecule is O=C(CC(F)(F)F)NCCCOc1ccc2ccccc2c1C(=O)CCCc1ccccc1. The van der Waals surface area contributed by atoms with E-state index in [0.717, 1.165) is 17.2 Å². The molecule has 1 amide bonds. The topological polar surface area (TPSA) is 55.4 Å². The van der Waals surface area contributed by atoms with Crippen LogP contribution in [0.25, 0.3) is 10.8 Å². The molecule has 0 unspecified atom stereocenters. The molecule has 0 aromatic heterocycles. The number of rotatable bonds is 11. The first-order valence-electron chi connectivity index (χ1n) is 10.9. The normalized spacial score (nSPS) is 11.4. The van der Waals surface area contributed by atoms with Gasteiger partial charge in [-0.2, -0.15) is 13.2 Å². The van der Waals surface area contributed by atoms with Crippen LogP contribution in [0.4, 0.5) is 13.2 Å².